The maximum absolute atomic E-state index is 5.74. The summed E-state index contributed by atoms with van der Waals surface area (Å²) >= 11 is 0. The van der Waals surface area contributed by atoms with Crippen LogP contribution < -0.4 is 16.0 Å². The van der Waals surface area contributed by atoms with Crippen molar-refractivity contribution in [3.05, 3.63) is 41.5 Å². The molecule has 0 radical (unpaired) electrons. The molecule has 1 heterocycles. The lowest BCUT2D eigenvalue weighted by Gasteiger charge is -2.19. The van der Waals surface area contributed by atoms with E-state index in [1.807, 2.05) is 23.7 Å². The van der Waals surface area contributed by atoms with Crippen molar-refractivity contribution in [1.82, 2.24) is 20.2 Å². The number of rotatable bonds is 7. The Labute approximate surface area is 125 Å². The highest BCUT2D eigenvalue weighted by Gasteiger charge is 2.18. The van der Waals surface area contributed by atoms with Gasteiger partial charge in [-0.15, -0.1) is 0 Å². The smallest absolute Gasteiger partial charge is 0.138 e. The van der Waals surface area contributed by atoms with Crippen LogP contribution in [0.25, 0.3) is 0 Å². The van der Waals surface area contributed by atoms with E-state index >= 15 is 0 Å². The summed E-state index contributed by atoms with van der Waals surface area (Å²) in [7, 11) is 1.67. The van der Waals surface area contributed by atoms with Gasteiger partial charge in [0.1, 0.15) is 17.9 Å². The monoisotopic (exact) mass is 289 g/mol. The summed E-state index contributed by atoms with van der Waals surface area (Å²) < 4.78 is 7.39. The van der Waals surface area contributed by atoms with Gasteiger partial charge in [-0.3, -0.25) is 16.0 Å². The molecule has 0 aliphatic heterocycles. The maximum atomic E-state index is 5.74. The van der Waals surface area contributed by atoms with Crippen molar-refractivity contribution >= 4 is 0 Å². The Morgan fingerprint density at radius 3 is 2.90 bits per heavy atom. The third-order valence-corrected chi connectivity index (χ3v) is 3.48. The van der Waals surface area contributed by atoms with E-state index in [-0.39, 0.29) is 6.04 Å². The molecule has 21 heavy (non-hydrogen) atoms. The van der Waals surface area contributed by atoms with Gasteiger partial charge < -0.3 is 4.74 Å². The van der Waals surface area contributed by atoms with E-state index in [1.54, 1.807) is 13.4 Å². The first-order chi connectivity index (χ1) is 10.2. The number of benzene rings is 1. The van der Waals surface area contributed by atoms with E-state index in [0.29, 0.717) is 6.42 Å². The SMILES string of the molecule is CCCn1ncnc1CC(NN)c1ccc(C)cc1OC. The number of nitrogens with one attached hydrogen (secondary N) is 1. The Bertz CT molecular complexity index is 581. The summed E-state index contributed by atoms with van der Waals surface area (Å²) in [6, 6.07) is 6.04. The van der Waals surface area contributed by atoms with Crippen LogP contribution in [0.5, 0.6) is 5.75 Å². The number of ether oxygens (including phenoxy) is 1. The first kappa shape index (κ1) is 15.5. The molecule has 0 saturated heterocycles. The van der Waals surface area contributed by atoms with Gasteiger partial charge in [0.05, 0.1) is 13.2 Å². The zero-order valence-electron chi connectivity index (χ0n) is 12.8. The third-order valence-electron chi connectivity index (χ3n) is 3.48. The van der Waals surface area contributed by atoms with E-state index in [1.165, 1.54) is 0 Å². The van der Waals surface area contributed by atoms with Crippen molar-refractivity contribution in [2.45, 2.75) is 39.3 Å². The fraction of sp³-hybridized carbons (Fsp3) is 0.467. The molecule has 1 aromatic carbocycles. The van der Waals surface area contributed by atoms with Gasteiger partial charge in [0, 0.05) is 18.5 Å². The molecular formula is C15H23N5O. The predicted molar refractivity (Wildman–Crippen MR) is 81.8 cm³/mol. The zero-order chi connectivity index (χ0) is 15.2. The minimum Gasteiger partial charge on any atom is -0.496 e. The lowest BCUT2D eigenvalue weighted by molar-refractivity contribution is 0.396. The highest BCUT2D eigenvalue weighted by atomic mass is 16.5. The average molecular weight is 289 g/mol. The highest BCUT2D eigenvalue weighted by Crippen LogP contribution is 2.27. The average Bonchev–Trinajstić information content (AvgIpc) is 2.92. The van der Waals surface area contributed by atoms with Crippen LogP contribution in [0.15, 0.2) is 24.5 Å². The Balaban J connectivity index is 2.25. The number of aromatic nitrogens is 3. The van der Waals surface area contributed by atoms with Crippen LogP contribution >= 0.6 is 0 Å². The van der Waals surface area contributed by atoms with Gasteiger partial charge in [-0.1, -0.05) is 19.1 Å². The molecule has 0 saturated carbocycles. The second-order valence-electron chi connectivity index (χ2n) is 5.07. The van der Waals surface area contributed by atoms with E-state index in [2.05, 4.69) is 28.5 Å². The molecule has 1 atom stereocenters. The standard InChI is InChI=1S/C15H23N5O/c1-4-7-20-15(17-10-18-20)9-13(19-16)12-6-5-11(2)8-14(12)21-3/h5-6,8,10,13,19H,4,7,9,16H2,1-3H3. The molecule has 1 aromatic heterocycles. The van der Waals surface area contributed by atoms with Gasteiger partial charge in [0.15, 0.2) is 0 Å². The first-order valence-electron chi connectivity index (χ1n) is 7.17. The normalized spacial score (nSPS) is 12.4. The summed E-state index contributed by atoms with van der Waals surface area (Å²) in [4.78, 5) is 4.34. The van der Waals surface area contributed by atoms with Crippen molar-refractivity contribution in [2.24, 2.45) is 5.84 Å². The number of nitrogens with two attached hydrogens (primary N) is 1. The number of aryl methyl sites for hydroxylation is 2. The van der Waals surface area contributed by atoms with Crippen LogP contribution in [-0.2, 0) is 13.0 Å². The number of methoxy groups -OCH3 is 1. The molecule has 0 fully saturated rings. The second kappa shape index (κ2) is 7.19. The largest absolute Gasteiger partial charge is 0.496 e. The van der Waals surface area contributed by atoms with Crippen LogP contribution in [0.2, 0.25) is 0 Å². The first-order valence-corrected chi connectivity index (χ1v) is 7.17. The summed E-state index contributed by atoms with van der Waals surface area (Å²) in [6.07, 6.45) is 3.27. The molecule has 2 rings (SSSR count). The molecule has 0 spiro atoms. The Morgan fingerprint density at radius 2 is 2.24 bits per heavy atom. The van der Waals surface area contributed by atoms with Gasteiger partial charge in [-0.25, -0.2) is 4.98 Å². The lowest BCUT2D eigenvalue weighted by atomic mass is 10.0. The quantitative estimate of drug-likeness (QED) is 0.600. The van der Waals surface area contributed by atoms with Crippen molar-refractivity contribution in [2.75, 3.05) is 7.11 Å². The molecule has 0 aliphatic rings. The maximum Gasteiger partial charge on any atom is 0.138 e. The second-order valence-corrected chi connectivity index (χ2v) is 5.07. The summed E-state index contributed by atoms with van der Waals surface area (Å²) in [5.41, 5.74) is 5.04. The Morgan fingerprint density at radius 1 is 1.43 bits per heavy atom. The van der Waals surface area contributed by atoms with Gasteiger partial charge in [-0.05, 0) is 25.0 Å². The van der Waals surface area contributed by atoms with Crippen LogP contribution in [-0.4, -0.2) is 21.9 Å². The van der Waals surface area contributed by atoms with Crippen molar-refractivity contribution in [3.63, 3.8) is 0 Å². The molecule has 1 unspecified atom stereocenters. The van der Waals surface area contributed by atoms with E-state index < -0.39 is 0 Å². The number of nitrogens with zero attached hydrogens (tertiary/aromatic N) is 3. The van der Waals surface area contributed by atoms with Crippen molar-refractivity contribution < 1.29 is 4.74 Å². The molecule has 3 N–H and O–H groups in total. The molecule has 0 bridgehead atoms. The fourth-order valence-electron chi connectivity index (χ4n) is 2.39. The molecule has 6 nitrogen and oxygen atoms in total. The Kier molecular flexibility index (Phi) is 5.30. The third kappa shape index (κ3) is 3.59. The molecule has 0 aliphatic carbocycles. The van der Waals surface area contributed by atoms with E-state index in [4.69, 9.17) is 10.6 Å². The highest BCUT2D eigenvalue weighted by molar-refractivity contribution is 5.39. The molecule has 114 valence electrons. The fourth-order valence-corrected chi connectivity index (χ4v) is 2.39. The molecule has 0 amide bonds. The van der Waals surface area contributed by atoms with Gasteiger partial charge in [0.2, 0.25) is 0 Å². The zero-order valence-corrected chi connectivity index (χ0v) is 12.8. The van der Waals surface area contributed by atoms with Crippen LogP contribution in [0, 0.1) is 6.92 Å². The van der Waals surface area contributed by atoms with Gasteiger partial charge >= 0.3 is 0 Å². The van der Waals surface area contributed by atoms with Crippen LogP contribution in [0.1, 0.15) is 36.3 Å². The van der Waals surface area contributed by atoms with Gasteiger partial charge in [0.25, 0.3) is 0 Å². The summed E-state index contributed by atoms with van der Waals surface area (Å²) in [5, 5.41) is 4.25. The lowest BCUT2D eigenvalue weighted by Crippen LogP contribution is -2.31. The summed E-state index contributed by atoms with van der Waals surface area (Å²) in [5.74, 6) is 7.50. The summed E-state index contributed by atoms with van der Waals surface area (Å²) in [6.45, 7) is 5.01. The number of hydrogen-bond acceptors (Lipinski definition) is 5. The molecule has 6 heteroatoms. The van der Waals surface area contributed by atoms with Crippen LogP contribution in [0.4, 0.5) is 0 Å². The predicted octanol–water partition coefficient (Wildman–Crippen LogP) is 1.75. The van der Waals surface area contributed by atoms with Crippen molar-refractivity contribution in [3.8, 4) is 5.75 Å². The topological polar surface area (TPSA) is 78.0 Å². The minimum absolute atomic E-state index is 0.0691. The van der Waals surface area contributed by atoms with E-state index in [0.717, 1.165) is 35.7 Å². The minimum atomic E-state index is -0.0691. The number of hydrogen-bond donors (Lipinski definition) is 2. The Hall–Kier alpha value is -1.92. The molecule has 2 aromatic rings. The van der Waals surface area contributed by atoms with E-state index in [9.17, 15) is 0 Å². The van der Waals surface area contributed by atoms with Crippen LogP contribution in [0.3, 0.4) is 0 Å². The molecular weight excluding hydrogens is 266 g/mol. The number of hydrazine groups is 1. The van der Waals surface area contributed by atoms with Crippen molar-refractivity contribution in [1.29, 1.82) is 0 Å². The van der Waals surface area contributed by atoms with Gasteiger partial charge in [-0.2, -0.15) is 5.10 Å².